The summed E-state index contributed by atoms with van der Waals surface area (Å²) in [6, 6.07) is 10.1. The van der Waals surface area contributed by atoms with Crippen molar-refractivity contribution in [3.05, 3.63) is 35.2 Å². The van der Waals surface area contributed by atoms with E-state index in [0.29, 0.717) is 26.2 Å². The molecule has 1 amide bonds. The van der Waals surface area contributed by atoms with Crippen molar-refractivity contribution >= 4 is 32.4 Å². The number of thiazole rings is 1. The normalized spacial score (nSPS) is 21.4. The second-order valence-corrected chi connectivity index (χ2v) is 10.2. The molecule has 2 fully saturated rings. The number of piperazine rings is 1. The molecule has 1 aromatic carbocycles. The molecule has 1 aromatic heterocycles. The van der Waals surface area contributed by atoms with Gasteiger partial charge in [0.1, 0.15) is 5.25 Å². The lowest BCUT2D eigenvalue weighted by molar-refractivity contribution is -0.119. The SMILES string of the molecule is Cc1sc(N2CCN(S(=O)(=O)C3CNC(=O)C3)CC2)nc1-c1ccccc1. The molecule has 2 aromatic rings. The van der Waals surface area contributed by atoms with Crippen LogP contribution >= 0.6 is 11.3 Å². The van der Waals surface area contributed by atoms with Gasteiger partial charge in [-0.2, -0.15) is 4.31 Å². The van der Waals surface area contributed by atoms with E-state index in [4.69, 9.17) is 4.98 Å². The third-order valence-corrected chi connectivity index (χ3v) is 8.36. The Bertz CT molecular complexity index is 935. The summed E-state index contributed by atoms with van der Waals surface area (Å²) in [5, 5.41) is 2.91. The van der Waals surface area contributed by atoms with Gasteiger partial charge < -0.3 is 10.2 Å². The summed E-state index contributed by atoms with van der Waals surface area (Å²) in [5.74, 6) is -0.186. The molecular formula is C18H22N4O3S2. The Hall–Kier alpha value is -1.97. The summed E-state index contributed by atoms with van der Waals surface area (Å²) in [6.07, 6.45) is 0.0641. The van der Waals surface area contributed by atoms with E-state index in [2.05, 4.69) is 17.1 Å². The van der Waals surface area contributed by atoms with Crippen molar-refractivity contribution in [2.45, 2.75) is 18.6 Å². The Morgan fingerprint density at radius 2 is 1.85 bits per heavy atom. The Morgan fingerprint density at radius 3 is 2.48 bits per heavy atom. The van der Waals surface area contributed by atoms with Gasteiger partial charge in [-0.05, 0) is 6.92 Å². The van der Waals surface area contributed by atoms with Crippen molar-refractivity contribution in [1.82, 2.24) is 14.6 Å². The van der Waals surface area contributed by atoms with Crippen molar-refractivity contribution < 1.29 is 13.2 Å². The maximum Gasteiger partial charge on any atom is 0.221 e. The minimum absolute atomic E-state index is 0.0641. The molecule has 0 spiro atoms. The van der Waals surface area contributed by atoms with E-state index in [1.54, 1.807) is 11.3 Å². The van der Waals surface area contributed by atoms with Crippen LogP contribution < -0.4 is 10.2 Å². The second-order valence-electron chi connectivity index (χ2n) is 6.83. The summed E-state index contributed by atoms with van der Waals surface area (Å²) in [7, 11) is -3.44. The zero-order chi connectivity index (χ0) is 19.0. The number of hydrogen-bond acceptors (Lipinski definition) is 6. The highest BCUT2D eigenvalue weighted by Gasteiger charge is 2.38. The van der Waals surface area contributed by atoms with Crippen LogP contribution in [0.1, 0.15) is 11.3 Å². The molecule has 1 atom stereocenters. The summed E-state index contributed by atoms with van der Waals surface area (Å²) in [5.41, 5.74) is 2.08. The third-order valence-electron chi connectivity index (χ3n) is 5.06. The number of nitrogens with one attached hydrogen (secondary N) is 1. The molecule has 3 heterocycles. The van der Waals surface area contributed by atoms with Crippen molar-refractivity contribution in [2.24, 2.45) is 0 Å². The van der Waals surface area contributed by atoms with Crippen LogP contribution in [-0.4, -0.2) is 61.6 Å². The second kappa shape index (κ2) is 7.21. The van der Waals surface area contributed by atoms with Crippen LogP contribution in [0.15, 0.2) is 30.3 Å². The molecule has 0 bridgehead atoms. The molecule has 2 aliphatic rings. The highest BCUT2D eigenvalue weighted by molar-refractivity contribution is 7.89. The van der Waals surface area contributed by atoms with Crippen molar-refractivity contribution in [3.63, 3.8) is 0 Å². The van der Waals surface area contributed by atoms with Crippen LogP contribution in [0.5, 0.6) is 0 Å². The zero-order valence-electron chi connectivity index (χ0n) is 15.1. The maximum absolute atomic E-state index is 12.7. The van der Waals surface area contributed by atoms with Gasteiger partial charge in [-0.1, -0.05) is 30.3 Å². The minimum Gasteiger partial charge on any atom is -0.355 e. The summed E-state index contributed by atoms with van der Waals surface area (Å²) in [6.45, 7) is 4.34. The fourth-order valence-electron chi connectivity index (χ4n) is 3.52. The first-order chi connectivity index (χ1) is 12.9. The van der Waals surface area contributed by atoms with Gasteiger partial charge in [-0.3, -0.25) is 4.79 Å². The van der Waals surface area contributed by atoms with Gasteiger partial charge in [0.2, 0.25) is 15.9 Å². The molecule has 2 saturated heterocycles. The molecule has 0 aliphatic carbocycles. The van der Waals surface area contributed by atoms with E-state index in [-0.39, 0.29) is 18.9 Å². The first-order valence-corrected chi connectivity index (χ1v) is 11.3. The van der Waals surface area contributed by atoms with Crippen molar-refractivity contribution in [3.8, 4) is 11.3 Å². The monoisotopic (exact) mass is 406 g/mol. The zero-order valence-corrected chi connectivity index (χ0v) is 16.7. The van der Waals surface area contributed by atoms with Crippen LogP contribution in [0.3, 0.4) is 0 Å². The Kier molecular flexibility index (Phi) is 4.92. The lowest BCUT2D eigenvalue weighted by atomic mass is 10.1. The Balaban J connectivity index is 1.45. The molecule has 1 N–H and O–H groups in total. The number of nitrogens with zero attached hydrogens (tertiary/aromatic N) is 3. The van der Waals surface area contributed by atoms with Crippen LogP contribution in [0, 0.1) is 6.92 Å². The first kappa shape index (κ1) is 18.4. The van der Waals surface area contributed by atoms with E-state index >= 15 is 0 Å². The largest absolute Gasteiger partial charge is 0.355 e. The third kappa shape index (κ3) is 3.59. The van der Waals surface area contributed by atoms with Gasteiger partial charge in [-0.15, -0.1) is 11.3 Å². The number of sulfonamides is 1. The van der Waals surface area contributed by atoms with Gasteiger partial charge in [0.25, 0.3) is 0 Å². The minimum atomic E-state index is -3.44. The van der Waals surface area contributed by atoms with Gasteiger partial charge in [0, 0.05) is 49.6 Å². The van der Waals surface area contributed by atoms with Crippen LogP contribution in [0.4, 0.5) is 5.13 Å². The fourth-order valence-corrected chi connectivity index (χ4v) is 6.25. The molecule has 144 valence electrons. The number of amides is 1. The number of rotatable bonds is 4. The van der Waals surface area contributed by atoms with E-state index in [9.17, 15) is 13.2 Å². The van der Waals surface area contributed by atoms with Crippen molar-refractivity contribution in [2.75, 3.05) is 37.6 Å². The fraction of sp³-hybridized carbons (Fsp3) is 0.444. The Morgan fingerprint density at radius 1 is 1.15 bits per heavy atom. The summed E-state index contributed by atoms with van der Waals surface area (Å²) < 4.78 is 27.0. The van der Waals surface area contributed by atoms with Gasteiger partial charge >= 0.3 is 0 Å². The first-order valence-electron chi connectivity index (χ1n) is 8.98. The highest BCUT2D eigenvalue weighted by atomic mass is 32.2. The standard InChI is InChI=1S/C18H22N4O3S2/c1-13-17(14-5-3-2-4-6-14)20-18(26-13)21-7-9-22(10-8-21)27(24,25)15-11-16(23)19-12-15/h2-6,15H,7-12H2,1H3,(H,19,23). The van der Waals surface area contributed by atoms with E-state index in [1.807, 2.05) is 30.3 Å². The molecule has 7 nitrogen and oxygen atoms in total. The average molecular weight is 407 g/mol. The quantitative estimate of drug-likeness (QED) is 0.831. The van der Waals surface area contributed by atoms with Crippen LogP contribution in [-0.2, 0) is 14.8 Å². The van der Waals surface area contributed by atoms with Gasteiger partial charge in [-0.25, -0.2) is 13.4 Å². The smallest absolute Gasteiger partial charge is 0.221 e. The van der Waals surface area contributed by atoms with Gasteiger partial charge in [0.15, 0.2) is 5.13 Å². The predicted molar refractivity (Wildman–Crippen MR) is 106 cm³/mol. The average Bonchev–Trinajstić information content (AvgIpc) is 3.29. The molecule has 27 heavy (non-hydrogen) atoms. The summed E-state index contributed by atoms with van der Waals surface area (Å²) in [4.78, 5) is 19.5. The van der Waals surface area contributed by atoms with E-state index in [1.165, 1.54) is 4.31 Å². The molecule has 0 saturated carbocycles. The molecule has 4 rings (SSSR count). The lowest BCUT2D eigenvalue weighted by Crippen LogP contribution is -2.51. The molecule has 1 unspecified atom stereocenters. The van der Waals surface area contributed by atoms with Crippen molar-refractivity contribution in [1.29, 1.82) is 0 Å². The number of aryl methyl sites for hydroxylation is 1. The summed E-state index contributed by atoms with van der Waals surface area (Å²) >= 11 is 1.64. The van der Waals surface area contributed by atoms with E-state index < -0.39 is 15.3 Å². The van der Waals surface area contributed by atoms with Crippen LogP contribution in [0.25, 0.3) is 11.3 Å². The predicted octanol–water partition coefficient (Wildman–Crippen LogP) is 1.46. The molecule has 9 heteroatoms. The number of carbonyl (C=O) groups is 1. The maximum atomic E-state index is 12.7. The van der Waals surface area contributed by atoms with Crippen LogP contribution in [0.2, 0.25) is 0 Å². The number of carbonyl (C=O) groups excluding carboxylic acids is 1. The topological polar surface area (TPSA) is 82.6 Å². The number of benzene rings is 1. The van der Waals surface area contributed by atoms with Gasteiger partial charge in [0.05, 0.1) is 5.69 Å². The number of hydrogen-bond donors (Lipinski definition) is 1. The molecular weight excluding hydrogens is 384 g/mol. The highest BCUT2D eigenvalue weighted by Crippen LogP contribution is 2.33. The molecule has 2 aliphatic heterocycles. The molecule has 0 radical (unpaired) electrons. The van der Waals surface area contributed by atoms with E-state index in [0.717, 1.165) is 21.3 Å². The Labute approximate surface area is 163 Å². The number of aromatic nitrogens is 1. The number of anilines is 1. The lowest BCUT2D eigenvalue weighted by Gasteiger charge is -2.34.